The Kier molecular flexibility index (Phi) is 8.41. The minimum atomic E-state index is -5.50. The molecule has 0 bridgehead atoms. The third kappa shape index (κ3) is 9.45. The van der Waals surface area contributed by atoms with Crippen LogP contribution in [0.1, 0.15) is 82.1 Å². The summed E-state index contributed by atoms with van der Waals surface area (Å²) in [6, 6.07) is 0. The molecule has 0 aliphatic rings. The Hall–Kier alpha value is -0.500. The average molecular weight is 435 g/mol. The van der Waals surface area contributed by atoms with Crippen molar-refractivity contribution in [3.05, 3.63) is 0 Å². The van der Waals surface area contributed by atoms with E-state index in [9.17, 15) is 26.3 Å². The fourth-order valence-corrected chi connectivity index (χ4v) is 3.97. The number of nitrogens with one attached hydrogen (secondary N) is 2. The Morgan fingerprint density at radius 2 is 0.724 bits per heavy atom. The second-order valence-corrected chi connectivity index (χ2v) is 11.9. The normalized spacial score (nSPS) is 15.7. The van der Waals surface area contributed by atoms with Gasteiger partial charge in [0.1, 0.15) is 0 Å². The van der Waals surface area contributed by atoms with Crippen molar-refractivity contribution in [1.29, 1.82) is 0 Å². The van der Waals surface area contributed by atoms with Gasteiger partial charge in [-0.3, -0.25) is 0 Å². The van der Waals surface area contributed by atoms with Crippen LogP contribution in [-0.4, -0.2) is 41.9 Å². The van der Waals surface area contributed by atoms with Crippen LogP contribution in [-0.2, 0) is 0 Å². The summed E-state index contributed by atoms with van der Waals surface area (Å²) in [4.78, 5) is 0. The van der Waals surface area contributed by atoms with Gasteiger partial charge in [-0.2, -0.15) is 26.3 Å². The first-order valence-corrected chi connectivity index (χ1v) is 9.96. The predicted octanol–water partition coefficient (Wildman–Crippen LogP) is 6.50. The van der Waals surface area contributed by atoms with Gasteiger partial charge in [0.15, 0.2) is 0 Å². The molecular weight excluding hydrogens is 394 g/mol. The molecule has 29 heavy (non-hydrogen) atoms. The van der Waals surface area contributed by atoms with Crippen molar-refractivity contribution >= 4 is 0 Å². The molecule has 0 atom stereocenters. The van der Waals surface area contributed by atoms with E-state index in [0.29, 0.717) is 12.8 Å². The molecule has 2 nitrogen and oxygen atoms in total. The number of halogens is 6. The zero-order valence-electron chi connectivity index (χ0n) is 19.6. The topological polar surface area (TPSA) is 24.1 Å². The quantitative estimate of drug-likeness (QED) is 0.384. The molecule has 0 rings (SSSR count). The van der Waals surface area contributed by atoms with E-state index < -0.39 is 41.9 Å². The molecule has 0 aliphatic heterocycles. The minimum absolute atomic E-state index is 0.249. The van der Waals surface area contributed by atoms with Crippen LogP contribution in [0.2, 0.25) is 0 Å². The summed E-state index contributed by atoms with van der Waals surface area (Å²) >= 11 is 0. The van der Waals surface area contributed by atoms with E-state index in [1.807, 2.05) is 41.5 Å². The van der Waals surface area contributed by atoms with Crippen LogP contribution in [0.4, 0.5) is 26.3 Å². The van der Waals surface area contributed by atoms with Crippen LogP contribution in [0.25, 0.3) is 0 Å². The van der Waals surface area contributed by atoms with Gasteiger partial charge in [0.05, 0.1) is 13.1 Å². The van der Waals surface area contributed by atoms with Crippen molar-refractivity contribution in [2.75, 3.05) is 13.1 Å². The van der Waals surface area contributed by atoms with E-state index in [1.165, 1.54) is 0 Å². The summed E-state index contributed by atoms with van der Waals surface area (Å²) in [5.41, 5.74) is -2.33. The van der Waals surface area contributed by atoms with Crippen molar-refractivity contribution < 1.29 is 26.3 Å². The fourth-order valence-electron chi connectivity index (χ4n) is 3.97. The van der Waals surface area contributed by atoms with Gasteiger partial charge in [-0.25, -0.2) is 0 Å². The SMILES string of the molecule is CC(C)(C)CC(C)(C)NCC(F)(F)C(F)(F)C(F)(F)CNC(C)(C)CC(C)(C)C. The van der Waals surface area contributed by atoms with Gasteiger partial charge >= 0.3 is 17.8 Å². The first kappa shape index (κ1) is 28.5. The predicted molar refractivity (Wildman–Crippen MR) is 107 cm³/mol. The molecule has 0 aromatic carbocycles. The lowest BCUT2D eigenvalue weighted by molar-refractivity contribution is -0.305. The van der Waals surface area contributed by atoms with E-state index in [0.717, 1.165) is 0 Å². The van der Waals surface area contributed by atoms with Gasteiger partial charge in [-0.05, 0) is 51.4 Å². The van der Waals surface area contributed by atoms with Crippen molar-refractivity contribution in [2.45, 2.75) is 111 Å². The number of hydrogen-bond donors (Lipinski definition) is 2. The van der Waals surface area contributed by atoms with Crippen molar-refractivity contribution in [3.63, 3.8) is 0 Å². The monoisotopic (exact) mass is 434 g/mol. The molecule has 8 heteroatoms. The average Bonchev–Trinajstić information content (AvgIpc) is 2.38. The summed E-state index contributed by atoms with van der Waals surface area (Å²) in [6.45, 7) is 14.5. The fraction of sp³-hybridized carbons (Fsp3) is 1.00. The maximum atomic E-state index is 14.2. The van der Waals surface area contributed by atoms with Gasteiger partial charge in [-0.1, -0.05) is 41.5 Å². The van der Waals surface area contributed by atoms with Crippen LogP contribution < -0.4 is 10.6 Å². The summed E-state index contributed by atoms with van der Waals surface area (Å²) in [7, 11) is 0. The van der Waals surface area contributed by atoms with E-state index in [4.69, 9.17) is 0 Å². The third-order valence-electron chi connectivity index (χ3n) is 4.44. The van der Waals surface area contributed by atoms with E-state index >= 15 is 0 Å². The van der Waals surface area contributed by atoms with Crippen molar-refractivity contribution in [1.82, 2.24) is 10.6 Å². The highest BCUT2D eigenvalue weighted by Crippen LogP contribution is 2.46. The zero-order chi connectivity index (χ0) is 23.7. The van der Waals surface area contributed by atoms with Gasteiger partial charge in [0.25, 0.3) is 0 Å². The standard InChI is InChI=1S/C21H40F6N2/c1-15(2,3)11-17(7,8)28-13-19(22,23)21(26,27)20(24,25)14-29-18(9,10)12-16(4,5)6/h28-29H,11-14H2,1-10H3. The molecule has 0 aromatic heterocycles. The Morgan fingerprint density at radius 3 is 0.931 bits per heavy atom. The number of hydrogen-bond acceptors (Lipinski definition) is 2. The molecule has 0 fully saturated rings. The highest BCUT2D eigenvalue weighted by atomic mass is 19.3. The first-order valence-electron chi connectivity index (χ1n) is 9.96. The Morgan fingerprint density at radius 1 is 0.483 bits per heavy atom. The second kappa shape index (κ2) is 8.56. The molecule has 0 aromatic rings. The maximum absolute atomic E-state index is 14.2. The highest BCUT2D eigenvalue weighted by Gasteiger charge is 2.71. The molecule has 0 heterocycles. The van der Waals surface area contributed by atoms with Crippen LogP contribution >= 0.6 is 0 Å². The Labute approximate surface area is 172 Å². The molecule has 0 radical (unpaired) electrons. The lowest BCUT2D eigenvalue weighted by Crippen LogP contribution is -2.63. The second-order valence-electron chi connectivity index (χ2n) is 11.9. The molecule has 0 saturated heterocycles. The Bertz CT molecular complexity index is 482. The van der Waals surface area contributed by atoms with E-state index in [-0.39, 0.29) is 10.8 Å². The summed E-state index contributed by atoms with van der Waals surface area (Å²) < 4.78 is 85.4. The number of rotatable bonds is 10. The van der Waals surface area contributed by atoms with Gasteiger partial charge in [0, 0.05) is 11.1 Å². The zero-order valence-corrected chi connectivity index (χ0v) is 19.6. The van der Waals surface area contributed by atoms with Crippen LogP contribution in [0.3, 0.4) is 0 Å². The van der Waals surface area contributed by atoms with Crippen LogP contribution in [0.5, 0.6) is 0 Å². The third-order valence-corrected chi connectivity index (χ3v) is 4.44. The first-order chi connectivity index (χ1) is 12.3. The molecule has 0 amide bonds. The van der Waals surface area contributed by atoms with Crippen LogP contribution in [0, 0.1) is 10.8 Å². The van der Waals surface area contributed by atoms with Gasteiger partial charge < -0.3 is 10.6 Å². The van der Waals surface area contributed by atoms with Gasteiger partial charge in [-0.15, -0.1) is 0 Å². The largest absolute Gasteiger partial charge is 0.374 e. The van der Waals surface area contributed by atoms with E-state index in [2.05, 4.69) is 10.6 Å². The molecule has 2 N–H and O–H groups in total. The highest BCUT2D eigenvalue weighted by molar-refractivity contribution is 5.01. The molecule has 0 saturated carbocycles. The summed E-state index contributed by atoms with van der Waals surface area (Å²) in [5, 5.41) is 4.71. The van der Waals surface area contributed by atoms with E-state index in [1.54, 1.807) is 27.7 Å². The van der Waals surface area contributed by atoms with Gasteiger partial charge in [0.2, 0.25) is 0 Å². The lowest BCUT2D eigenvalue weighted by Gasteiger charge is -2.39. The summed E-state index contributed by atoms with van der Waals surface area (Å²) in [6.07, 6.45) is 0.807. The van der Waals surface area contributed by atoms with Crippen molar-refractivity contribution in [3.8, 4) is 0 Å². The number of alkyl halides is 6. The maximum Gasteiger partial charge on any atom is 0.374 e. The molecule has 0 unspecified atom stereocenters. The smallest absolute Gasteiger partial charge is 0.306 e. The molecule has 0 spiro atoms. The Balaban J connectivity index is 5.25. The van der Waals surface area contributed by atoms with Crippen molar-refractivity contribution in [2.24, 2.45) is 10.8 Å². The molecule has 0 aliphatic carbocycles. The lowest BCUT2D eigenvalue weighted by atomic mass is 9.81. The molecule has 176 valence electrons. The minimum Gasteiger partial charge on any atom is -0.306 e. The molecular formula is C21H40F6N2. The summed E-state index contributed by atoms with van der Waals surface area (Å²) in [5.74, 6) is -15.3. The van der Waals surface area contributed by atoms with Crippen LogP contribution in [0.15, 0.2) is 0 Å².